The number of aryl methyl sites for hydroxylation is 1. The van der Waals surface area contributed by atoms with Crippen LogP contribution < -0.4 is 4.90 Å². The molecular formula is C24H23ClN4O. The summed E-state index contributed by atoms with van der Waals surface area (Å²) in [6.07, 6.45) is 3.52. The van der Waals surface area contributed by atoms with Crippen LogP contribution in [0.5, 0.6) is 0 Å². The van der Waals surface area contributed by atoms with Gasteiger partial charge in [-0.2, -0.15) is 0 Å². The maximum Gasteiger partial charge on any atom is 0.259 e. The van der Waals surface area contributed by atoms with Crippen molar-refractivity contribution in [3.63, 3.8) is 0 Å². The molecule has 1 amide bonds. The Morgan fingerprint density at radius 2 is 1.90 bits per heavy atom. The Hall–Kier alpha value is -3.18. The molecule has 0 radical (unpaired) electrons. The number of carbonyl (C=O) groups excluding carboxylic acids is 1. The van der Waals surface area contributed by atoms with Crippen LogP contribution in [0.1, 0.15) is 35.1 Å². The molecule has 4 rings (SSSR count). The van der Waals surface area contributed by atoms with Crippen molar-refractivity contribution in [3.05, 3.63) is 88.8 Å². The number of rotatable bonds is 6. The third-order valence-electron chi connectivity index (χ3n) is 5.13. The molecule has 0 aliphatic heterocycles. The van der Waals surface area contributed by atoms with Gasteiger partial charge in [0.25, 0.3) is 5.91 Å². The molecule has 2 aromatic carbocycles. The van der Waals surface area contributed by atoms with Gasteiger partial charge in [0.05, 0.1) is 17.6 Å². The molecule has 0 saturated heterocycles. The minimum Gasteiger partial charge on any atom is -0.323 e. The van der Waals surface area contributed by atoms with Gasteiger partial charge in [0.15, 0.2) is 0 Å². The maximum absolute atomic E-state index is 13.1. The Labute approximate surface area is 180 Å². The van der Waals surface area contributed by atoms with E-state index in [1.165, 1.54) is 0 Å². The summed E-state index contributed by atoms with van der Waals surface area (Å²) in [4.78, 5) is 23.7. The number of nitrogens with zero attached hydrogens (tertiary/aromatic N) is 4. The number of amides is 1. The first kappa shape index (κ1) is 20.1. The predicted molar refractivity (Wildman–Crippen MR) is 121 cm³/mol. The van der Waals surface area contributed by atoms with Crippen LogP contribution in [-0.2, 0) is 13.0 Å². The second-order valence-electron chi connectivity index (χ2n) is 7.21. The highest BCUT2D eigenvalue weighted by Gasteiger charge is 2.18. The molecule has 0 aliphatic rings. The van der Waals surface area contributed by atoms with Crippen LogP contribution in [0.15, 0.2) is 66.9 Å². The van der Waals surface area contributed by atoms with Crippen LogP contribution >= 0.6 is 11.6 Å². The highest BCUT2D eigenvalue weighted by molar-refractivity contribution is 6.31. The fraction of sp³-hybridized carbons (Fsp3) is 0.208. The van der Waals surface area contributed by atoms with Gasteiger partial charge in [0.1, 0.15) is 11.6 Å². The average Bonchev–Trinajstić information content (AvgIpc) is 3.11. The first-order valence-corrected chi connectivity index (χ1v) is 10.4. The number of carbonyl (C=O) groups is 1. The van der Waals surface area contributed by atoms with E-state index < -0.39 is 0 Å². The minimum atomic E-state index is -0.113. The van der Waals surface area contributed by atoms with Crippen LogP contribution in [0.25, 0.3) is 11.0 Å². The Morgan fingerprint density at radius 1 is 1.10 bits per heavy atom. The van der Waals surface area contributed by atoms with Crippen LogP contribution in [0.3, 0.4) is 0 Å². The molecule has 152 valence electrons. The summed E-state index contributed by atoms with van der Waals surface area (Å²) < 4.78 is 2.16. The van der Waals surface area contributed by atoms with Gasteiger partial charge in [0, 0.05) is 30.3 Å². The van der Waals surface area contributed by atoms with Gasteiger partial charge in [-0.1, -0.05) is 42.8 Å². The third-order valence-corrected chi connectivity index (χ3v) is 5.50. The molecule has 4 aromatic rings. The van der Waals surface area contributed by atoms with Gasteiger partial charge in [-0.15, -0.1) is 0 Å². The van der Waals surface area contributed by atoms with E-state index in [0.717, 1.165) is 40.3 Å². The van der Waals surface area contributed by atoms with Gasteiger partial charge >= 0.3 is 0 Å². The largest absolute Gasteiger partial charge is 0.323 e. The second-order valence-corrected chi connectivity index (χ2v) is 7.62. The van der Waals surface area contributed by atoms with Gasteiger partial charge in [-0.3, -0.25) is 9.69 Å². The first-order valence-electron chi connectivity index (χ1n) is 10.00. The Balaban J connectivity index is 1.76. The zero-order chi connectivity index (χ0) is 21.1. The lowest BCUT2D eigenvalue weighted by Crippen LogP contribution is -2.27. The molecule has 5 nitrogen and oxygen atoms in total. The summed E-state index contributed by atoms with van der Waals surface area (Å²) >= 11 is 6.41. The Bertz CT molecular complexity index is 1190. The molecule has 30 heavy (non-hydrogen) atoms. The summed E-state index contributed by atoms with van der Waals surface area (Å²) in [5.74, 6) is 1.49. The molecule has 0 saturated carbocycles. The quantitative estimate of drug-likeness (QED) is 0.423. The number of aromatic nitrogens is 3. The number of halogens is 1. The van der Waals surface area contributed by atoms with E-state index in [2.05, 4.69) is 16.5 Å². The molecule has 6 heteroatoms. The summed E-state index contributed by atoms with van der Waals surface area (Å²) in [6, 6.07) is 19.0. The lowest BCUT2D eigenvalue weighted by molar-refractivity contribution is 0.0992. The monoisotopic (exact) mass is 418 g/mol. The van der Waals surface area contributed by atoms with Gasteiger partial charge < -0.3 is 4.57 Å². The fourth-order valence-electron chi connectivity index (χ4n) is 3.54. The lowest BCUT2D eigenvalue weighted by Gasteiger charge is -2.16. The van der Waals surface area contributed by atoms with E-state index >= 15 is 0 Å². The van der Waals surface area contributed by atoms with Gasteiger partial charge in [0.2, 0.25) is 0 Å². The SMILES string of the molecule is CCCc1nc2ccc(C(=O)N(C)c3ccccn3)cc2n1Cc1ccccc1Cl. The fourth-order valence-corrected chi connectivity index (χ4v) is 3.74. The molecule has 0 spiro atoms. The predicted octanol–water partition coefficient (Wildman–Crippen LogP) is 5.36. The number of hydrogen-bond acceptors (Lipinski definition) is 3. The summed E-state index contributed by atoms with van der Waals surface area (Å²) in [7, 11) is 1.73. The van der Waals surface area contributed by atoms with Crippen molar-refractivity contribution in [2.24, 2.45) is 0 Å². The third kappa shape index (κ3) is 3.94. The molecule has 0 aliphatic carbocycles. The Kier molecular flexibility index (Phi) is 5.81. The first-order chi connectivity index (χ1) is 14.6. The number of benzene rings is 2. The normalized spacial score (nSPS) is 11.0. The summed E-state index contributed by atoms with van der Waals surface area (Å²) in [5, 5.41) is 0.726. The smallest absolute Gasteiger partial charge is 0.259 e. The molecule has 0 unspecified atom stereocenters. The van der Waals surface area contributed by atoms with Crippen LogP contribution in [0, 0.1) is 0 Å². The molecule has 2 aromatic heterocycles. The average molecular weight is 419 g/mol. The highest BCUT2D eigenvalue weighted by Crippen LogP contribution is 2.24. The lowest BCUT2D eigenvalue weighted by atomic mass is 10.1. The van der Waals surface area contributed by atoms with Crippen LogP contribution in [0.2, 0.25) is 5.02 Å². The van der Waals surface area contributed by atoms with E-state index in [0.29, 0.717) is 17.9 Å². The second kappa shape index (κ2) is 8.67. The number of fused-ring (bicyclic) bond motifs is 1. The van der Waals surface area contributed by atoms with E-state index in [-0.39, 0.29) is 5.91 Å². The number of anilines is 1. The van der Waals surface area contributed by atoms with E-state index in [9.17, 15) is 4.79 Å². The van der Waals surface area contributed by atoms with Crippen molar-refractivity contribution in [2.45, 2.75) is 26.3 Å². The van der Waals surface area contributed by atoms with E-state index in [1.807, 2.05) is 60.7 Å². The van der Waals surface area contributed by atoms with Crippen molar-refractivity contribution in [1.29, 1.82) is 0 Å². The summed E-state index contributed by atoms with van der Waals surface area (Å²) in [6.45, 7) is 2.75. The van der Waals surface area contributed by atoms with Crippen molar-refractivity contribution < 1.29 is 4.79 Å². The number of imidazole rings is 1. The van der Waals surface area contributed by atoms with E-state index in [1.54, 1.807) is 18.1 Å². The van der Waals surface area contributed by atoms with E-state index in [4.69, 9.17) is 16.6 Å². The van der Waals surface area contributed by atoms with Crippen molar-refractivity contribution in [2.75, 3.05) is 11.9 Å². The minimum absolute atomic E-state index is 0.113. The molecule has 0 N–H and O–H groups in total. The van der Waals surface area contributed by atoms with Crippen molar-refractivity contribution >= 4 is 34.4 Å². The topological polar surface area (TPSA) is 51.0 Å². The number of hydrogen-bond donors (Lipinski definition) is 0. The molecular weight excluding hydrogens is 396 g/mol. The zero-order valence-electron chi connectivity index (χ0n) is 17.0. The molecule has 0 atom stereocenters. The van der Waals surface area contributed by atoms with Crippen LogP contribution in [-0.4, -0.2) is 27.5 Å². The molecule has 0 fully saturated rings. The highest BCUT2D eigenvalue weighted by atomic mass is 35.5. The zero-order valence-corrected chi connectivity index (χ0v) is 17.8. The van der Waals surface area contributed by atoms with Gasteiger partial charge in [-0.25, -0.2) is 9.97 Å². The molecule has 2 heterocycles. The van der Waals surface area contributed by atoms with Crippen molar-refractivity contribution in [1.82, 2.24) is 14.5 Å². The van der Waals surface area contributed by atoms with Crippen LogP contribution in [0.4, 0.5) is 5.82 Å². The standard InChI is InChI=1S/C24H23ClN4O/c1-3-8-23-27-20-13-12-17(24(30)28(2)22-11-6-7-14-26-22)15-21(20)29(23)16-18-9-4-5-10-19(18)25/h4-7,9-15H,3,8,16H2,1-2H3. The molecule has 0 bridgehead atoms. The Morgan fingerprint density at radius 3 is 2.63 bits per heavy atom. The van der Waals surface area contributed by atoms with Crippen molar-refractivity contribution in [3.8, 4) is 0 Å². The maximum atomic E-state index is 13.1. The van der Waals surface area contributed by atoms with Gasteiger partial charge in [-0.05, 0) is 48.4 Å². The summed E-state index contributed by atoms with van der Waals surface area (Å²) in [5.41, 5.74) is 3.43. The number of pyridine rings is 1.